The minimum absolute atomic E-state index is 0.0766. The first-order valence-electron chi connectivity index (χ1n) is 13.5. The summed E-state index contributed by atoms with van der Waals surface area (Å²) in [4.78, 5) is 18.3. The number of amidine groups is 1. The van der Waals surface area contributed by atoms with Crippen LogP contribution >= 0.6 is 11.8 Å². The standard InChI is InChI=1S/C30H27FN6O3S/c1-2-39-20-12-17-7-9-33-28(25(17)34-15-20)35-19-5-6-24-21(13-19)30(8-11-41-29(32)37-30)22-14-23(18-4-3-10-38-16-18)36-27(31)26(22)40-24/h4-7,9,12-15H,2-3,8,10-11,16H2,1H3,(H2,32,37)(H,33,35). The Morgan fingerprint density at radius 1 is 1.17 bits per heavy atom. The zero-order chi connectivity index (χ0) is 28.0. The highest BCUT2D eigenvalue weighted by Crippen LogP contribution is 2.54. The number of thioether (sulfide) groups is 1. The summed E-state index contributed by atoms with van der Waals surface area (Å²) in [6.07, 6.45) is 6.82. The molecule has 6 heterocycles. The molecule has 0 saturated carbocycles. The van der Waals surface area contributed by atoms with Gasteiger partial charge in [-0.15, -0.1) is 0 Å². The Balaban J connectivity index is 1.33. The Morgan fingerprint density at radius 3 is 2.93 bits per heavy atom. The van der Waals surface area contributed by atoms with Crippen molar-refractivity contribution < 1.29 is 18.6 Å². The Hall–Kier alpha value is -4.22. The normalized spacial score (nSPS) is 19.6. The summed E-state index contributed by atoms with van der Waals surface area (Å²) in [5.74, 6) is 1.92. The Morgan fingerprint density at radius 2 is 2.10 bits per heavy atom. The number of nitrogens with zero attached hydrogens (tertiary/aromatic N) is 4. The highest BCUT2D eigenvalue weighted by Gasteiger charge is 2.46. The molecule has 0 fully saturated rings. The van der Waals surface area contributed by atoms with Crippen LogP contribution in [0, 0.1) is 5.95 Å². The topological polar surface area (TPSA) is 117 Å². The molecule has 1 spiro atoms. The van der Waals surface area contributed by atoms with Crippen molar-refractivity contribution in [1.29, 1.82) is 0 Å². The summed E-state index contributed by atoms with van der Waals surface area (Å²) in [6, 6.07) is 11.4. The van der Waals surface area contributed by atoms with Gasteiger partial charge in [-0.2, -0.15) is 4.39 Å². The van der Waals surface area contributed by atoms with E-state index in [1.54, 1.807) is 12.4 Å². The molecular weight excluding hydrogens is 543 g/mol. The van der Waals surface area contributed by atoms with Crippen LogP contribution in [0.5, 0.6) is 17.2 Å². The van der Waals surface area contributed by atoms with Crippen LogP contribution in [0.4, 0.5) is 15.9 Å². The third-order valence-corrected chi connectivity index (χ3v) is 8.21. The van der Waals surface area contributed by atoms with E-state index in [9.17, 15) is 0 Å². The van der Waals surface area contributed by atoms with E-state index in [0.29, 0.717) is 71.3 Å². The van der Waals surface area contributed by atoms with Crippen molar-refractivity contribution in [3.63, 3.8) is 0 Å². The third kappa shape index (κ3) is 4.54. The Kier molecular flexibility index (Phi) is 6.47. The number of hydrogen-bond acceptors (Lipinski definition) is 10. The predicted octanol–water partition coefficient (Wildman–Crippen LogP) is 5.91. The first-order valence-corrected chi connectivity index (χ1v) is 14.5. The van der Waals surface area contributed by atoms with E-state index >= 15 is 4.39 Å². The van der Waals surface area contributed by atoms with Gasteiger partial charge in [0.05, 0.1) is 31.7 Å². The molecule has 7 rings (SSSR count). The maximum Gasteiger partial charge on any atom is 0.256 e. The molecule has 0 saturated heterocycles. The molecule has 0 bridgehead atoms. The number of ether oxygens (including phenoxy) is 3. The number of benzene rings is 1. The van der Waals surface area contributed by atoms with Gasteiger partial charge in [0.1, 0.15) is 22.6 Å². The van der Waals surface area contributed by atoms with Crippen molar-refractivity contribution in [3.8, 4) is 17.2 Å². The van der Waals surface area contributed by atoms with Gasteiger partial charge in [0.25, 0.3) is 5.95 Å². The van der Waals surface area contributed by atoms with Crippen LogP contribution in [0.3, 0.4) is 0 Å². The van der Waals surface area contributed by atoms with Gasteiger partial charge >= 0.3 is 0 Å². The van der Waals surface area contributed by atoms with Crippen LogP contribution in [0.15, 0.2) is 59.9 Å². The Labute approximate surface area is 240 Å². The van der Waals surface area contributed by atoms with Crippen LogP contribution in [0.2, 0.25) is 0 Å². The summed E-state index contributed by atoms with van der Waals surface area (Å²) < 4.78 is 33.0. The lowest BCUT2D eigenvalue weighted by molar-refractivity contribution is 0.164. The largest absolute Gasteiger partial charge is 0.492 e. The van der Waals surface area contributed by atoms with Crippen molar-refractivity contribution in [2.75, 3.05) is 30.9 Å². The van der Waals surface area contributed by atoms with Crippen LogP contribution in [-0.4, -0.2) is 45.7 Å². The van der Waals surface area contributed by atoms with E-state index in [2.05, 4.69) is 20.3 Å². The second kappa shape index (κ2) is 10.3. The zero-order valence-electron chi connectivity index (χ0n) is 22.3. The van der Waals surface area contributed by atoms with Crippen LogP contribution < -0.4 is 20.5 Å². The molecule has 3 aliphatic heterocycles. The average molecular weight is 571 g/mol. The van der Waals surface area contributed by atoms with Crippen molar-refractivity contribution in [1.82, 2.24) is 15.0 Å². The van der Waals surface area contributed by atoms with E-state index in [0.717, 1.165) is 28.6 Å². The molecule has 11 heteroatoms. The predicted molar refractivity (Wildman–Crippen MR) is 158 cm³/mol. The number of pyridine rings is 3. The van der Waals surface area contributed by atoms with Gasteiger partial charge < -0.3 is 25.3 Å². The number of nitrogens with two attached hydrogens (primary N) is 1. The summed E-state index contributed by atoms with van der Waals surface area (Å²) >= 11 is 1.49. The fraction of sp³-hybridized carbons (Fsp3) is 0.267. The van der Waals surface area contributed by atoms with Crippen LogP contribution in [0.25, 0.3) is 16.5 Å². The molecule has 3 aliphatic rings. The molecule has 0 aliphatic carbocycles. The Bertz CT molecular complexity index is 1750. The molecule has 3 N–H and O–H groups in total. The van der Waals surface area contributed by atoms with Gasteiger partial charge in [-0.25, -0.2) is 19.9 Å². The van der Waals surface area contributed by atoms with E-state index in [1.165, 1.54) is 11.8 Å². The van der Waals surface area contributed by atoms with Crippen molar-refractivity contribution in [3.05, 3.63) is 77.6 Å². The van der Waals surface area contributed by atoms with Crippen molar-refractivity contribution in [2.24, 2.45) is 10.7 Å². The average Bonchev–Trinajstić information content (AvgIpc) is 2.99. The van der Waals surface area contributed by atoms with E-state index in [1.807, 2.05) is 49.4 Å². The van der Waals surface area contributed by atoms with Crippen LogP contribution in [-0.2, 0) is 10.3 Å². The number of rotatable bonds is 5. The lowest BCUT2D eigenvalue weighted by atomic mass is 9.78. The smallest absolute Gasteiger partial charge is 0.256 e. The molecule has 4 aromatic rings. The number of fused-ring (bicyclic) bond motifs is 5. The summed E-state index contributed by atoms with van der Waals surface area (Å²) in [7, 11) is 0. The van der Waals surface area contributed by atoms with Gasteiger partial charge in [0, 0.05) is 34.2 Å². The minimum Gasteiger partial charge on any atom is -0.492 e. The summed E-state index contributed by atoms with van der Waals surface area (Å²) in [5.41, 5.74) is 9.60. The van der Waals surface area contributed by atoms with E-state index < -0.39 is 11.5 Å². The van der Waals surface area contributed by atoms with Crippen molar-refractivity contribution in [2.45, 2.75) is 25.3 Å². The zero-order valence-corrected chi connectivity index (χ0v) is 23.1. The number of aromatic nitrogens is 3. The molecule has 1 aromatic carbocycles. The first kappa shape index (κ1) is 25.7. The van der Waals surface area contributed by atoms with Crippen LogP contribution in [0.1, 0.15) is 36.6 Å². The van der Waals surface area contributed by atoms with Gasteiger partial charge in [-0.3, -0.25) is 0 Å². The number of aliphatic imine (C=N–C) groups is 1. The molecule has 41 heavy (non-hydrogen) atoms. The molecule has 208 valence electrons. The monoisotopic (exact) mass is 570 g/mol. The highest BCUT2D eigenvalue weighted by molar-refractivity contribution is 8.13. The molecule has 0 radical (unpaired) electrons. The first-order chi connectivity index (χ1) is 20.0. The number of nitrogens with one attached hydrogen (secondary N) is 1. The van der Waals surface area contributed by atoms with Gasteiger partial charge in [-0.1, -0.05) is 17.8 Å². The number of halogens is 1. The number of anilines is 2. The second-order valence-corrected chi connectivity index (χ2v) is 11.0. The molecule has 1 atom stereocenters. The van der Waals surface area contributed by atoms with E-state index in [-0.39, 0.29) is 5.75 Å². The summed E-state index contributed by atoms with van der Waals surface area (Å²) in [6.45, 7) is 3.51. The van der Waals surface area contributed by atoms with E-state index in [4.69, 9.17) is 24.9 Å². The lowest BCUT2D eigenvalue weighted by Crippen LogP contribution is -2.36. The molecule has 9 nitrogen and oxygen atoms in total. The number of hydrogen-bond donors (Lipinski definition) is 2. The highest BCUT2D eigenvalue weighted by atomic mass is 32.2. The maximum absolute atomic E-state index is 15.6. The maximum atomic E-state index is 15.6. The van der Waals surface area contributed by atoms with Gasteiger partial charge in [0.15, 0.2) is 16.7 Å². The quantitative estimate of drug-likeness (QED) is 0.282. The molecule has 1 unspecified atom stereocenters. The SMILES string of the molecule is CCOc1cnc2c(Nc3ccc4c(c3)C3(CCSC(N)=N3)c3cc(C5=CCCOC5)nc(F)c3O4)nccc2c1. The summed E-state index contributed by atoms with van der Waals surface area (Å²) in [5, 5.41) is 4.76. The fourth-order valence-electron chi connectivity index (χ4n) is 5.56. The third-order valence-electron chi connectivity index (χ3n) is 7.42. The fourth-order valence-corrected chi connectivity index (χ4v) is 6.39. The molecular formula is C30H27FN6O3S. The molecule has 0 amide bonds. The lowest BCUT2D eigenvalue weighted by Gasteiger charge is -2.39. The van der Waals surface area contributed by atoms with Gasteiger partial charge in [-0.05, 0) is 61.7 Å². The van der Waals surface area contributed by atoms with Crippen molar-refractivity contribution >= 4 is 44.9 Å². The van der Waals surface area contributed by atoms with Gasteiger partial charge in [0.2, 0.25) is 0 Å². The second-order valence-electron chi connectivity index (χ2n) is 9.93. The minimum atomic E-state index is -0.943. The molecule has 3 aromatic heterocycles.